The lowest BCUT2D eigenvalue weighted by atomic mass is 9.88. The molecule has 7 heteroatoms. The van der Waals surface area contributed by atoms with Crippen molar-refractivity contribution >= 4 is 23.5 Å². The fourth-order valence-corrected chi connectivity index (χ4v) is 3.27. The van der Waals surface area contributed by atoms with Crippen LogP contribution in [-0.2, 0) is 14.4 Å². The molecule has 2 amide bonds. The van der Waals surface area contributed by atoms with Gasteiger partial charge in [0.2, 0.25) is 11.8 Å². The fourth-order valence-electron chi connectivity index (χ4n) is 3.27. The van der Waals surface area contributed by atoms with Crippen LogP contribution in [0.25, 0.3) is 0 Å². The zero-order valence-electron chi connectivity index (χ0n) is 14.7. The number of carboxylic acid groups (broad SMARTS) is 1. The van der Waals surface area contributed by atoms with E-state index in [1.807, 2.05) is 0 Å². The largest absolute Gasteiger partial charge is 0.481 e. The number of para-hydroxylation sites is 1. The Hall–Kier alpha value is -3.22. The molecule has 0 spiro atoms. The summed E-state index contributed by atoms with van der Waals surface area (Å²) >= 11 is 0. The number of carbonyl (C=O) groups is 3. The molecular formula is C20H19FN2O4. The van der Waals surface area contributed by atoms with Crippen LogP contribution in [0.15, 0.2) is 48.5 Å². The molecule has 1 aliphatic rings. The van der Waals surface area contributed by atoms with Crippen molar-refractivity contribution in [3.63, 3.8) is 0 Å². The predicted molar refractivity (Wildman–Crippen MR) is 96.7 cm³/mol. The Morgan fingerprint density at radius 2 is 1.89 bits per heavy atom. The standard InChI is InChI=1S/C20H19FN2O4/c1-23-17-5-3-2-4-14(17)15(10-18(23)24)20(27)22-16(11-19(25)26)12-6-8-13(21)9-7-12/h2-9,15-16H,10-11H2,1H3,(H,22,27)(H,25,26)/t15-,16+/m0/s1. The molecule has 0 radical (unpaired) electrons. The van der Waals surface area contributed by atoms with E-state index < -0.39 is 29.7 Å². The molecule has 2 atom stereocenters. The molecule has 140 valence electrons. The van der Waals surface area contributed by atoms with E-state index in [0.29, 0.717) is 16.8 Å². The molecule has 2 N–H and O–H groups in total. The second kappa shape index (κ2) is 7.57. The number of fused-ring (bicyclic) bond motifs is 1. The molecule has 6 nitrogen and oxygen atoms in total. The minimum absolute atomic E-state index is 0.00254. The molecule has 0 fully saturated rings. The highest BCUT2D eigenvalue weighted by Gasteiger charge is 2.34. The van der Waals surface area contributed by atoms with E-state index in [-0.39, 0.29) is 18.7 Å². The first kappa shape index (κ1) is 18.6. The zero-order chi connectivity index (χ0) is 19.6. The quantitative estimate of drug-likeness (QED) is 0.847. The number of hydrogen-bond donors (Lipinski definition) is 2. The normalized spacial score (nSPS) is 17.2. The Morgan fingerprint density at radius 3 is 2.56 bits per heavy atom. The summed E-state index contributed by atoms with van der Waals surface area (Å²) in [5, 5.41) is 11.9. The molecule has 2 aromatic rings. The average molecular weight is 370 g/mol. The maximum absolute atomic E-state index is 13.2. The first-order valence-electron chi connectivity index (χ1n) is 8.50. The highest BCUT2D eigenvalue weighted by Crippen LogP contribution is 2.35. The van der Waals surface area contributed by atoms with Crippen LogP contribution in [0.1, 0.15) is 35.9 Å². The molecule has 2 aromatic carbocycles. The summed E-state index contributed by atoms with van der Waals surface area (Å²) in [6.45, 7) is 0. The number of carbonyl (C=O) groups excluding carboxylic acids is 2. The van der Waals surface area contributed by atoms with E-state index >= 15 is 0 Å². The number of amides is 2. The Balaban J connectivity index is 1.87. The van der Waals surface area contributed by atoms with Crippen molar-refractivity contribution in [2.24, 2.45) is 0 Å². The lowest BCUT2D eigenvalue weighted by Gasteiger charge is -2.31. The number of carboxylic acids is 1. The van der Waals surface area contributed by atoms with Gasteiger partial charge in [0, 0.05) is 19.2 Å². The number of aliphatic carboxylic acids is 1. The van der Waals surface area contributed by atoms with Crippen LogP contribution in [0.2, 0.25) is 0 Å². The Labute approximate surface area is 155 Å². The first-order chi connectivity index (χ1) is 12.9. The highest BCUT2D eigenvalue weighted by molar-refractivity contribution is 6.02. The monoisotopic (exact) mass is 370 g/mol. The van der Waals surface area contributed by atoms with Gasteiger partial charge < -0.3 is 15.3 Å². The number of nitrogens with zero attached hydrogens (tertiary/aromatic N) is 1. The van der Waals surface area contributed by atoms with Crippen molar-refractivity contribution in [3.05, 3.63) is 65.5 Å². The van der Waals surface area contributed by atoms with Crippen molar-refractivity contribution in [1.82, 2.24) is 5.32 Å². The number of halogens is 1. The molecule has 0 unspecified atom stereocenters. The summed E-state index contributed by atoms with van der Waals surface area (Å²) in [4.78, 5) is 37.9. The molecule has 0 aliphatic carbocycles. The van der Waals surface area contributed by atoms with Crippen molar-refractivity contribution in [2.45, 2.75) is 24.8 Å². The lowest BCUT2D eigenvalue weighted by Crippen LogP contribution is -2.40. The Morgan fingerprint density at radius 1 is 1.22 bits per heavy atom. The second-order valence-corrected chi connectivity index (χ2v) is 6.48. The van der Waals surface area contributed by atoms with E-state index in [9.17, 15) is 23.9 Å². The van der Waals surface area contributed by atoms with Gasteiger partial charge in [-0.2, -0.15) is 0 Å². The topological polar surface area (TPSA) is 86.7 Å². The average Bonchev–Trinajstić information content (AvgIpc) is 2.64. The van der Waals surface area contributed by atoms with Gasteiger partial charge in [-0.05, 0) is 29.3 Å². The SMILES string of the molecule is CN1C(=O)C[C@H](C(=O)N[C@H](CC(=O)O)c2ccc(F)cc2)c2ccccc21. The summed E-state index contributed by atoms with van der Waals surface area (Å²) in [5.41, 5.74) is 1.86. The Bertz CT molecular complexity index is 882. The van der Waals surface area contributed by atoms with Crippen LogP contribution in [0.4, 0.5) is 10.1 Å². The summed E-state index contributed by atoms with van der Waals surface area (Å²) < 4.78 is 13.2. The van der Waals surface area contributed by atoms with E-state index in [4.69, 9.17) is 0 Å². The van der Waals surface area contributed by atoms with Crippen LogP contribution in [0.5, 0.6) is 0 Å². The molecule has 1 aliphatic heterocycles. The molecule has 0 aromatic heterocycles. The van der Waals surface area contributed by atoms with Crippen LogP contribution in [-0.4, -0.2) is 29.9 Å². The highest BCUT2D eigenvalue weighted by atomic mass is 19.1. The maximum Gasteiger partial charge on any atom is 0.305 e. The van der Waals surface area contributed by atoms with E-state index in [0.717, 1.165) is 0 Å². The van der Waals surface area contributed by atoms with Crippen LogP contribution >= 0.6 is 0 Å². The molecule has 27 heavy (non-hydrogen) atoms. The van der Waals surface area contributed by atoms with Gasteiger partial charge in [0.15, 0.2) is 0 Å². The minimum atomic E-state index is -1.09. The van der Waals surface area contributed by atoms with Gasteiger partial charge in [-0.25, -0.2) is 4.39 Å². The third-order valence-electron chi connectivity index (χ3n) is 4.71. The predicted octanol–water partition coefficient (Wildman–Crippen LogP) is 2.61. The minimum Gasteiger partial charge on any atom is -0.481 e. The van der Waals surface area contributed by atoms with Gasteiger partial charge in [0.1, 0.15) is 5.82 Å². The summed E-state index contributed by atoms with van der Waals surface area (Å²) in [6.07, 6.45) is -0.345. The van der Waals surface area contributed by atoms with Crippen molar-refractivity contribution < 1.29 is 23.9 Å². The molecule has 1 heterocycles. The van der Waals surface area contributed by atoms with Gasteiger partial charge in [-0.15, -0.1) is 0 Å². The number of hydrogen-bond acceptors (Lipinski definition) is 3. The molecule has 0 bridgehead atoms. The second-order valence-electron chi connectivity index (χ2n) is 6.48. The van der Waals surface area contributed by atoms with Crippen LogP contribution in [0, 0.1) is 5.82 Å². The van der Waals surface area contributed by atoms with Gasteiger partial charge in [0.25, 0.3) is 0 Å². The summed E-state index contributed by atoms with van der Waals surface area (Å²) in [7, 11) is 1.65. The van der Waals surface area contributed by atoms with Crippen LogP contribution in [0.3, 0.4) is 0 Å². The molecule has 0 saturated carbocycles. The molecule has 3 rings (SSSR count). The van der Waals surface area contributed by atoms with Crippen molar-refractivity contribution in [2.75, 3.05) is 11.9 Å². The van der Waals surface area contributed by atoms with Gasteiger partial charge in [-0.3, -0.25) is 14.4 Å². The van der Waals surface area contributed by atoms with Crippen molar-refractivity contribution in [3.8, 4) is 0 Å². The maximum atomic E-state index is 13.2. The number of benzene rings is 2. The van der Waals surface area contributed by atoms with Crippen LogP contribution < -0.4 is 10.2 Å². The van der Waals surface area contributed by atoms with E-state index in [1.54, 1.807) is 31.3 Å². The van der Waals surface area contributed by atoms with E-state index in [2.05, 4.69) is 5.32 Å². The number of rotatable bonds is 5. The summed E-state index contributed by atoms with van der Waals surface area (Å²) in [6, 6.07) is 11.6. The van der Waals surface area contributed by atoms with Gasteiger partial charge in [0.05, 0.1) is 18.4 Å². The third kappa shape index (κ3) is 3.97. The van der Waals surface area contributed by atoms with E-state index in [1.165, 1.54) is 29.2 Å². The Kier molecular flexibility index (Phi) is 5.21. The first-order valence-corrected chi connectivity index (χ1v) is 8.50. The smallest absolute Gasteiger partial charge is 0.305 e. The van der Waals surface area contributed by atoms with Crippen molar-refractivity contribution in [1.29, 1.82) is 0 Å². The third-order valence-corrected chi connectivity index (χ3v) is 4.71. The molecular weight excluding hydrogens is 351 g/mol. The number of anilines is 1. The zero-order valence-corrected chi connectivity index (χ0v) is 14.7. The van der Waals surface area contributed by atoms with Gasteiger partial charge in [-0.1, -0.05) is 30.3 Å². The summed E-state index contributed by atoms with van der Waals surface area (Å²) in [5.74, 6) is -2.87. The fraction of sp³-hybridized carbons (Fsp3) is 0.250. The number of nitrogens with one attached hydrogen (secondary N) is 1. The molecule has 0 saturated heterocycles. The van der Waals surface area contributed by atoms with Gasteiger partial charge >= 0.3 is 5.97 Å². The lowest BCUT2D eigenvalue weighted by molar-refractivity contribution is -0.138.